The van der Waals surface area contributed by atoms with Gasteiger partial charge in [-0.05, 0) is 57.9 Å². The van der Waals surface area contributed by atoms with Crippen LogP contribution in [0, 0.1) is 0 Å². The molecule has 0 unspecified atom stereocenters. The minimum atomic E-state index is -0.601. The monoisotopic (exact) mass is 476 g/mol. The van der Waals surface area contributed by atoms with Gasteiger partial charge in [-0.3, -0.25) is 0 Å². The molecule has 0 radical (unpaired) electrons. The van der Waals surface area contributed by atoms with E-state index in [0.29, 0.717) is 11.3 Å². The normalized spacial score (nSPS) is 13.4. The molecule has 5 aromatic carbocycles. The lowest BCUT2D eigenvalue weighted by Crippen LogP contribution is -2.31. The van der Waals surface area contributed by atoms with Gasteiger partial charge >= 0.3 is 5.97 Å². The molecule has 0 spiro atoms. The van der Waals surface area contributed by atoms with Gasteiger partial charge in [0.05, 0.1) is 12.7 Å². The Kier molecular flexibility index (Phi) is 5.66. The highest BCUT2D eigenvalue weighted by Gasteiger charge is 2.25. The van der Waals surface area contributed by atoms with E-state index in [1.54, 1.807) is 31.4 Å². The van der Waals surface area contributed by atoms with Crippen LogP contribution in [-0.2, 0) is 4.74 Å². The molecule has 36 heavy (non-hydrogen) atoms. The minimum Gasteiger partial charge on any atom is -0.497 e. The van der Waals surface area contributed by atoms with Crippen molar-refractivity contribution in [2.45, 2.75) is 6.10 Å². The molecule has 0 saturated heterocycles. The van der Waals surface area contributed by atoms with Crippen molar-refractivity contribution in [2.24, 2.45) is 0 Å². The Balaban J connectivity index is 1.42. The number of rotatable bonds is 3. The van der Waals surface area contributed by atoms with E-state index in [9.17, 15) is 4.79 Å². The quantitative estimate of drug-likeness (QED) is 0.272. The first-order valence-electron chi connectivity index (χ1n) is 11.9. The summed E-state index contributed by atoms with van der Waals surface area (Å²) in [6.45, 7) is 0.332. The summed E-state index contributed by atoms with van der Waals surface area (Å²) >= 11 is 0. The molecule has 0 amide bonds. The Hall–Kier alpha value is -4.51. The van der Waals surface area contributed by atoms with Crippen molar-refractivity contribution in [2.75, 3.05) is 20.3 Å². The number of fused-ring (bicyclic) bond motifs is 7. The molecule has 5 nitrogen and oxygen atoms in total. The second kappa shape index (κ2) is 9.27. The molecule has 0 fully saturated rings. The van der Waals surface area contributed by atoms with Crippen LogP contribution in [0.25, 0.3) is 32.7 Å². The van der Waals surface area contributed by atoms with E-state index < -0.39 is 12.1 Å². The number of ether oxygens (including phenoxy) is 4. The fourth-order valence-electron chi connectivity index (χ4n) is 4.69. The van der Waals surface area contributed by atoms with E-state index in [1.807, 2.05) is 36.4 Å². The summed E-state index contributed by atoms with van der Waals surface area (Å²) in [4.78, 5) is 12.9. The summed E-state index contributed by atoms with van der Waals surface area (Å²) in [5.74, 6) is 1.68. The van der Waals surface area contributed by atoms with Crippen LogP contribution in [0.4, 0.5) is 0 Å². The number of hydrogen-bond acceptors (Lipinski definition) is 5. The van der Waals surface area contributed by atoms with Gasteiger partial charge in [0.2, 0.25) is 0 Å². The molecule has 178 valence electrons. The average molecular weight is 477 g/mol. The summed E-state index contributed by atoms with van der Waals surface area (Å²) in [5.41, 5.74) is 2.39. The van der Waals surface area contributed by atoms with Crippen molar-refractivity contribution in [3.05, 3.63) is 103 Å². The Morgan fingerprint density at radius 1 is 0.694 bits per heavy atom. The van der Waals surface area contributed by atoms with E-state index in [0.717, 1.165) is 44.2 Å². The molecule has 0 atom stereocenters. The van der Waals surface area contributed by atoms with Gasteiger partial charge in [0.15, 0.2) is 6.10 Å². The first-order chi connectivity index (χ1) is 17.7. The van der Waals surface area contributed by atoms with Crippen LogP contribution in [0.15, 0.2) is 97.1 Å². The van der Waals surface area contributed by atoms with Crippen LogP contribution < -0.4 is 14.2 Å². The molecule has 1 aliphatic heterocycles. The van der Waals surface area contributed by atoms with Crippen LogP contribution in [0.2, 0.25) is 0 Å². The van der Waals surface area contributed by atoms with Crippen LogP contribution in [0.3, 0.4) is 0 Å². The third kappa shape index (κ3) is 3.99. The molecule has 5 aromatic rings. The van der Waals surface area contributed by atoms with Crippen molar-refractivity contribution in [3.63, 3.8) is 0 Å². The lowest BCUT2D eigenvalue weighted by molar-refractivity contribution is 0.00319. The van der Waals surface area contributed by atoms with Crippen LogP contribution in [0.5, 0.6) is 17.2 Å². The highest BCUT2D eigenvalue weighted by molar-refractivity contribution is 6.09. The minimum absolute atomic E-state index is 0.166. The fraction of sp³-hybridized carbons (Fsp3) is 0.129. The van der Waals surface area contributed by atoms with Gasteiger partial charge < -0.3 is 18.9 Å². The Bertz CT molecular complexity index is 1480. The molecule has 6 rings (SSSR count). The van der Waals surface area contributed by atoms with Crippen molar-refractivity contribution in [1.29, 1.82) is 0 Å². The smallest absolute Gasteiger partial charge is 0.338 e. The molecular weight excluding hydrogens is 452 g/mol. The maximum Gasteiger partial charge on any atom is 0.338 e. The molecule has 0 N–H and O–H groups in total. The zero-order valence-electron chi connectivity index (χ0n) is 19.8. The number of benzene rings is 5. The maximum absolute atomic E-state index is 12.9. The van der Waals surface area contributed by atoms with Crippen molar-refractivity contribution < 1.29 is 23.7 Å². The first-order valence-corrected chi connectivity index (χ1v) is 11.9. The predicted molar refractivity (Wildman–Crippen MR) is 140 cm³/mol. The first kappa shape index (κ1) is 22.0. The van der Waals surface area contributed by atoms with Gasteiger partial charge in [0.25, 0.3) is 0 Å². The van der Waals surface area contributed by atoms with Gasteiger partial charge in [-0.2, -0.15) is 0 Å². The van der Waals surface area contributed by atoms with E-state index in [-0.39, 0.29) is 13.2 Å². The summed E-state index contributed by atoms with van der Waals surface area (Å²) in [7, 11) is 1.58. The molecular formula is C31H24O5. The Morgan fingerprint density at radius 2 is 1.22 bits per heavy atom. The largest absolute Gasteiger partial charge is 0.497 e. The molecule has 0 saturated carbocycles. The van der Waals surface area contributed by atoms with Crippen LogP contribution in [0.1, 0.15) is 10.4 Å². The van der Waals surface area contributed by atoms with Crippen molar-refractivity contribution >= 4 is 27.5 Å². The molecule has 0 aliphatic carbocycles. The SMILES string of the molecule is COc1ccc(C(=O)OC2COc3ccc4ccccc4c3-c3c(ccc4ccccc34)OC2)cc1. The van der Waals surface area contributed by atoms with Gasteiger partial charge in [-0.1, -0.05) is 60.7 Å². The maximum atomic E-state index is 12.9. The number of methoxy groups -OCH3 is 1. The van der Waals surface area contributed by atoms with E-state index >= 15 is 0 Å². The lowest BCUT2D eigenvalue weighted by atomic mass is 9.92. The molecule has 0 aromatic heterocycles. The Labute approximate surface area is 208 Å². The molecule has 1 aliphatic rings. The molecule has 5 heteroatoms. The Morgan fingerprint density at radius 3 is 1.75 bits per heavy atom. The summed E-state index contributed by atoms with van der Waals surface area (Å²) in [5, 5.41) is 4.37. The summed E-state index contributed by atoms with van der Waals surface area (Å²) in [6.07, 6.45) is -0.601. The second-order valence-corrected chi connectivity index (χ2v) is 8.70. The van der Waals surface area contributed by atoms with Gasteiger partial charge in [-0.15, -0.1) is 0 Å². The average Bonchev–Trinajstić information content (AvgIpc) is 3.01. The highest BCUT2D eigenvalue weighted by Crippen LogP contribution is 2.46. The van der Waals surface area contributed by atoms with Gasteiger partial charge in [0, 0.05) is 11.1 Å². The number of hydrogen-bond donors (Lipinski definition) is 0. The topological polar surface area (TPSA) is 54.0 Å². The van der Waals surface area contributed by atoms with Crippen LogP contribution >= 0.6 is 0 Å². The fourth-order valence-corrected chi connectivity index (χ4v) is 4.69. The van der Waals surface area contributed by atoms with Crippen molar-refractivity contribution in [3.8, 4) is 28.4 Å². The zero-order chi connectivity index (χ0) is 24.5. The third-order valence-electron chi connectivity index (χ3n) is 6.48. The zero-order valence-corrected chi connectivity index (χ0v) is 19.8. The highest BCUT2D eigenvalue weighted by atomic mass is 16.6. The molecule has 1 heterocycles. The second-order valence-electron chi connectivity index (χ2n) is 8.70. The van der Waals surface area contributed by atoms with Gasteiger partial charge in [0.1, 0.15) is 30.5 Å². The summed E-state index contributed by atoms with van der Waals surface area (Å²) in [6, 6.07) is 31.4. The number of esters is 1. The predicted octanol–water partition coefficient (Wildman–Crippen LogP) is 6.67. The summed E-state index contributed by atoms with van der Waals surface area (Å²) < 4.78 is 23.7. The van der Waals surface area contributed by atoms with E-state index in [4.69, 9.17) is 18.9 Å². The van der Waals surface area contributed by atoms with Gasteiger partial charge in [-0.25, -0.2) is 4.79 Å². The van der Waals surface area contributed by atoms with Crippen LogP contribution in [-0.4, -0.2) is 32.4 Å². The number of carbonyl (C=O) groups is 1. The van der Waals surface area contributed by atoms with E-state index in [1.165, 1.54) is 0 Å². The third-order valence-corrected chi connectivity index (χ3v) is 6.48. The molecule has 0 bridgehead atoms. The van der Waals surface area contributed by atoms with E-state index in [2.05, 4.69) is 36.4 Å². The lowest BCUT2D eigenvalue weighted by Gasteiger charge is -2.18. The van der Waals surface area contributed by atoms with Crippen molar-refractivity contribution in [1.82, 2.24) is 0 Å². The standard InChI is InChI=1S/C31H24O5/c1-33-23-14-10-22(11-15-23)31(32)36-24-18-34-27-16-12-20-6-2-4-8-25(20)29(27)30-26-9-5-3-7-21(26)13-17-28(30)35-19-24/h2-17,24H,18-19H2,1H3. The number of carbonyl (C=O) groups excluding carboxylic acids is 1.